The third kappa shape index (κ3) is 3.29. The smallest absolute Gasteiger partial charge is 0.229 e. The monoisotopic (exact) mass is 227 g/mol. The van der Waals surface area contributed by atoms with E-state index in [1.807, 2.05) is 39.8 Å². The van der Waals surface area contributed by atoms with Gasteiger partial charge in [0.05, 0.1) is 0 Å². The first kappa shape index (κ1) is 12.2. The summed E-state index contributed by atoms with van der Waals surface area (Å²) in [6.07, 6.45) is 0. The molecule has 1 aromatic carbocycles. The van der Waals surface area contributed by atoms with Crippen molar-refractivity contribution in [2.45, 2.75) is 33.1 Å². The molecule has 82 valence electrons. The fourth-order valence-electron chi connectivity index (χ4n) is 1.39. The first-order valence-corrected chi connectivity index (χ1v) is 5.89. The van der Waals surface area contributed by atoms with E-state index in [9.17, 15) is 4.57 Å². The van der Waals surface area contributed by atoms with E-state index in [-0.39, 0.29) is 5.41 Å². The minimum absolute atomic E-state index is 0.104. The second-order valence-corrected chi connectivity index (χ2v) is 5.24. The highest BCUT2D eigenvalue weighted by Gasteiger charge is 2.24. The molecule has 15 heavy (non-hydrogen) atoms. The van der Waals surface area contributed by atoms with Gasteiger partial charge < -0.3 is 0 Å². The summed E-state index contributed by atoms with van der Waals surface area (Å²) in [4.78, 5) is 8.75. The Hall–Kier alpha value is -0.920. The quantitative estimate of drug-likeness (QED) is 0.788. The van der Waals surface area contributed by atoms with E-state index >= 15 is 0 Å². The van der Waals surface area contributed by atoms with Crippen LogP contribution in [-0.4, -0.2) is 4.89 Å². The van der Waals surface area contributed by atoms with Gasteiger partial charge in [-0.15, -0.1) is 4.89 Å². The minimum Gasteiger partial charge on any atom is -0.229 e. The Labute approximate surface area is 91.0 Å². The van der Waals surface area contributed by atoms with E-state index in [4.69, 9.17) is 9.42 Å². The Morgan fingerprint density at radius 1 is 1.33 bits per heavy atom. The molecule has 0 amide bonds. The molecule has 0 aliphatic carbocycles. The molecule has 1 atom stereocenters. The largest absolute Gasteiger partial charge is 0.747 e. The maximum absolute atomic E-state index is 10.7. The molecule has 0 saturated heterocycles. The molecule has 0 aromatic heterocycles. The summed E-state index contributed by atoms with van der Waals surface area (Å²) in [7, 11) is -2.60. The average molecular weight is 227 g/mol. The SMILES string of the molecule is Cc1ccc(O[P+](=O)O)c(C(C)(C)C)c1. The van der Waals surface area contributed by atoms with Crippen molar-refractivity contribution in [2.75, 3.05) is 0 Å². The van der Waals surface area contributed by atoms with Crippen molar-refractivity contribution in [3.05, 3.63) is 29.3 Å². The zero-order valence-electron chi connectivity index (χ0n) is 9.44. The number of rotatable bonds is 2. The Morgan fingerprint density at radius 3 is 2.40 bits per heavy atom. The van der Waals surface area contributed by atoms with Gasteiger partial charge >= 0.3 is 8.25 Å². The molecule has 0 radical (unpaired) electrons. The molecule has 0 bridgehead atoms. The van der Waals surface area contributed by atoms with Gasteiger partial charge in [-0.05, 0) is 18.4 Å². The van der Waals surface area contributed by atoms with E-state index in [2.05, 4.69) is 0 Å². The lowest BCUT2D eigenvalue weighted by Gasteiger charge is -2.20. The van der Waals surface area contributed by atoms with Crippen LogP contribution >= 0.6 is 8.25 Å². The van der Waals surface area contributed by atoms with Gasteiger partial charge in [0.15, 0.2) is 5.75 Å². The molecule has 1 N–H and O–H groups in total. The summed E-state index contributed by atoms with van der Waals surface area (Å²) < 4.78 is 15.6. The highest BCUT2D eigenvalue weighted by atomic mass is 31.1. The lowest BCUT2D eigenvalue weighted by atomic mass is 9.85. The van der Waals surface area contributed by atoms with Gasteiger partial charge in [0.25, 0.3) is 0 Å². The van der Waals surface area contributed by atoms with Gasteiger partial charge in [-0.25, -0.2) is 4.52 Å². The molecular formula is C11H16O3P+. The maximum Gasteiger partial charge on any atom is 0.747 e. The van der Waals surface area contributed by atoms with Gasteiger partial charge in [-0.1, -0.05) is 38.5 Å². The maximum atomic E-state index is 10.7. The van der Waals surface area contributed by atoms with Crippen LogP contribution in [0.4, 0.5) is 0 Å². The zero-order chi connectivity index (χ0) is 11.6. The van der Waals surface area contributed by atoms with E-state index in [1.54, 1.807) is 6.07 Å². The van der Waals surface area contributed by atoms with Crippen molar-refractivity contribution >= 4 is 8.25 Å². The van der Waals surface area contributed by atoms with Crippen molar-refractivity contribution in [1.29, 1.82) is 0 Å². The van der Waals surface area contributed by atoms with Gasteiger partial charge in [0.1, 0.15) is 0 Å². The molecule has 0 spiro atoms. The van der Waals surface area contributed by atoms with Crippen molar-refractivity contribution in [3.8, 4) is 5.75 Å². The zero-order valence-corrected chi connectivity index (χ0v) is 10.3. The fraction of sp³-hybridized carbons (Fsp3) is 0.455. The third-order valence-electron chi connectivity index (χ3n) is 2.12. The molecular weight excluding hydrogens is 211 g/mol. The van der Waals surface area contributed by atoms with Crippen molar-refractivity contribution in [3.63, 3.8) is 0 Å². The number of benzene rings is 1. The lowest BCUT2D eigenvalue weighted by Crippen LogP contribution is -2.12. The molecule has 4 heteroatoms. The second-order valence-electron chi connectivity index (χ2n) is 4.58. The number of hydrogen-bond acceptors (Lipinski definition) is 2. The number of hydrogen-bond donors (Lipinski definition) is 1. The predicted molar refractivity (Wildman–Crippen MR) is 60.3 cm³/mol. The average Bonchev–Trinajstić information content (AvgIpc) is 2.05. The van der Waals surface area contributed by atoms with Gasteiger partial charge in [0, 0.05) is 10.1 Å². The van der Waals surface area contributed by atoms with E-state index < -0.39 is 8.25 Å². The molecule has 3 nitrogen and oxygen atoms in total. The highest BCUT2D eigenvalue weighted by molar-refractivity contribution is 7.32. The Balaban J connectivity index is 3.20. The highest BCUT2D eigenvalue weighted by Crippen LogP contribution is 2.35. The molecule has 1 unspecified atom stereocenters. The minimum atomic E-state index is -2.60. The van der Waals surface area contributed by atoms with E-state index in [1.165, 1.54) is 0 Å². The van der Waals surface area contributed by atoms with Crippen LogP contribution in [0.1, 0.15) is 31.9 Å². The number of aryl methyl sites for hydroxylation is 1. The van der Waals surface area contributed by atoms with Crippen molar-refractivity contribution in [1.82, 2.24) is 0 Å². The molecule has 1 aromatic rings. The van der Waals surface area contributed by atoms with Gasteiger partial charge in [0.2, 0.25) is 0 Å². The molecule has 0 saturated carbocycles. The van der Waals surface area contributed by atoms with Crippen LogP contribution in [-0.2, 0) is 9.98 Å². The fourth-order valence-corrected chi connectivity index (χ4v) is 1.72. The summed E-state index contributed by atoms with van der Waals surface area (Å²) >= 11 is 0. The van der Waals surface area contributed by atoms with Gasteiger partial charge in [-0.2, -0.15) is 0 Å². The van der Waals surface area contributed by atoms with Crippen LogP contribution in [0.15, 0.2) is 18.2 Å². The molecule has 0 aliphatic heterocycles. The van der Waals surface area contributed by atoms with Crippen LogP contribution in [0.2, 0.25) is 0 Å². The third-order valence-corrected chi connectivity index (χ3v) is 2.47. The molecule has 1 rings (SSSR count). The first-order valence-electron chi connectivity index (χ1n) is 4.76. The Morgan fingerprint density at radius 2 is 1.93 bits per heavy atom. The molecule has 0 aliphatic rings. The summed E-state index contributed by atoms with van der Waals surface area (Å²) in [5.74, 6) is 0.483. The van der Waals surface area contributed by atoms with Crippen LogP contribution in [0.25, 0.3) is 0 Å². The lowest BCUT2D eigenvalue weighted by molar-refractivity contribution is 0.404. The van der Waals surface area contributed by atoms with Crippen LogP contribution in [0.3, 0.4) is 0 Å². The standard InChI is InChI=1S/C11H15O3P/c1-8-5-6-10(14-15(12)13)9(7-8)11(2,3)4/h5-7H,1-4H3/p+1. The van der Waals surface area contributed by atoms with E-state index in [0.717, 1.165) is 11.1 Å². The van der Waals surface area contributed by atoms with Crippen molar-refractivity contribution in [2.24, 2.45) is 0 Å². The summed E-state index contributed by atoms with van der Waals surface area (Å²) in [6.45, 7) is 8.11. The van der Waals surface area contributed by atoms with E-state index in [0.29, 0.717) is 5.75 Å². The summed E-state index contributed by atoms with van der Waals surface area (Å²) in [5, 5.41) is 0. The normalized spacial score (nSPS) is 12.5. The second kappa shape index (κ2) is 4.30. The Kier molecular flexibility index (Phi) is 3.48. The Bertz CT molecular complexity index is 380. The van der Waals surface area contributed by atoms with Crippen molar-refractivity contribution < 1.29 is 14.0 Å². The summed E-state index contributed by atoms with van der Waals surface area (Å²) in [5.41, 5.74) is 1.95. The first-order chi connectivity index (χ1) is 6.80. The van der Waals surface area contributed by atoms with Crippen LogP contribution < -0.4 is 4.52 Å². The molecule has 0 heterocycles. The predicted octanol–water partition coefficient (Wildman–Crippen LogP) is 3.32. The molecule has 0 fully saturated rings. The summed E-state index contributed by atoms with van der Waals surface area (Å²) in [6, 6.07) is 5.58. The topological polar surface area (TPSA) is 46.5 Å². The van der Waals surface area contributed by atoms with Gasteiger partial charge in [-0.3, -0.25) is 0 Å². The van der Waals surface area contributed by atoms with Crippen LogP contribution in [0.5, 0.6) is 5.75 Å². The van der Waals surface area contributed by atoms with Crippen LogP contribution in [0, 0.1) is 6.92 Å².